The van der Waals surface area contributed by atoms with E-state index in [1.165, 1.54) is 18.2 Å². The molecule has 0 bridgehead atoms. The quantitative estimate of drug-likeness (QED) is 0.275. The average molecular weight is 516 g/mol. The van der Waals surface area contributed by atoms with Gasteiger partial charge in [-0.25, -0.2) is 18.2 Å². The van der Waals surface area contributed by atoms with Crippen LogP contribution in [0, 0.1) is 13.8 Å². The number of fused-ring (bicyclic) bond motifs is 2. The van der Waals surface area contributed by atoms with Crippen LogP contribution in [-0.2, 0) is 9.84 Å². The molecule has 0 saturated carbocycles. The molecule has 5 rings (SSSR count). The lowest BCUT2D eigenvalue weighted by molar-refractivity contribution is 0.0698. The van der Waals surface area contributed by atoms with Crippen molar-refractivity contribution < 1.29 is 27.5 Å². The molecule has 1 unspecified atom stereocenters. The fourth-order valence-corrected chi connectivity index (χ4v) is 5.12. The molecule has 188 valence electrons. The van der Waals surface area contributed by atoms with Crippen molar-refractivity contribution in [1.82, 2.24) is 4.98 Å². The van der Waals surface area contributed by atoms with Crippen LogP contribution in [0.1, 0.15) is 40.1 Å². The summed E-state index contributed by atoms with van der Waals surface area (Å²) in [5.74, 6) is -0.211. The van der Waals surface area contributed by atoms with E-state index in [1.807, 2.05) is 51.1 Å². The predicted octanol–water partition coefficient (Wildman–Crippen LogP) is 6.51. The number of aryl methyl sites for hydroxylation is 2. The zero-order valence-electron chi connectivity index (χ0n) is 20.8. The summed E-state index contributed by atoms with van der Waals surface area (Å²) in [6.45, 7) is 5.62. The monoisotopic (exact) mass is 515 g/mol. The van der Waals surface area contributed by atoms with Crippen LogP contribution in [0.25, 0.3) is 33.3 Å². The van der Waals surface area contributed by atoms with Crippen molar-refractivity contribution in [1.29, 1.82) is 0 Å². The summed E-state index contributed by atoms with van der Waals surface area (Å²) in [7, 11) is -3.31. The molecule has 0 aliphatic rings. The minimum absolute atomic E-state index is 0.0539. The Morgan fingerprint density at radius 3 is 2.38 bits per heavy atom. The molecule has 0 radical (unpaired) electrons. The number of hydrogen-bond acceptors (Lipinski definition) is 6. The van der Waals surface area contributed by atoms with E-state index < -0.39 is 21.9 Å². The summed E-state index contributed by atoms with van der Waals surface area (Å²) in [6.07, 6.45) is 0.681. The third kappa shape index (κ3) is 4.44. The Kier molecular flexibility index (Phi) is 6.00. The lowest BCUT2D eigenvalue weighted by Gasteiger charge is -2.19. The highest BCUT2D eigenvalue weighted by Crippen LogP contribution is 2.38. The number of pyridine rings is 1. The Bertz CT molecular complexity index is 1790. The van der Waals surface area contributed by atoms with Gasteiger partial charge in [0.2, 0.25) is 0 Å². The molecular formula is C29H25NO6S. The number of carbonyl (C=O) groups is 1. The fourth-order valence-electron chi connectivity index (χ4n) is 4.49. The summed E-state index contributed by atoms with van der Waals surface area (Å²) in [5.41, 5.74) is 4.13. The predicted molar refractivity (Wildman–Crippen MR) is 142 cm³/mol. The van der Waals surface area contributed by atoms with Crippen molar-refractivity contribution in [3.8, 4) is 17.2 Å². The van der Waals surface area contributed by atoms with Gasteiger partial charge in [0.25, 0.3) is 0 Å². The summed E-state index contributed by atoms with van der Waals surface area (Å²) >= 11 is 0. The van der Waals surface area contributed by atoms with Crippen LogP contribution in [0.5, 0.6) is 5.75 Å². The molecule has 0 aliphatic heterocycles. The Balaban J connectivity index is 1.62. The number of aromatic nitrogens is 1. The maximum Gasteiger partial charge on any atom is 0.336 e. The number of aromatic carboxylic acids is 1. The topological polar surface area (TPSA) is 107 Å². The maximum absolute atomic E-state index is 12.4. The third-order valence-corrected chi connectivity index (χ3v) is 7.64. The summed E-state index contributed by atoms with van der Waals surface area (Å²) in [6, 6.07) is 19.2. The fraction of sp³-hybridized carbons (Fsp3) is 0.172. The lowest BCUT2D eigenvalue weighted by atomic mass is 10.0. The highest BCUT2D eigenvalue weighted by atomic mass is 32.2. The van der Waals surface area contributed by atoms with E-state index in [1.54, 1.807) is 18.2 Å². The number of nitrogens with zero attached hydrogens (tertiary/aromatic N) is 1. The van der Waals surface area contributed by atoms with Crippen molar-refractivity contribution in [2.24, 2.45) is 0 Å². The lowest BCUT2D eigenvalue weighted by Crippen LogP contribution is -2.07. The van der Waals surface area contributed by atoms with Crippen LogP contribution in [0.3, 0.4) is 0 Å². The minimum Gasteiger partial charge on any atom is -0.485 e. The summed E-state index contributed by atoms with van der Waals surface area (Å²) < 4.78 is 35.9. The van der Waals surface area contributed by atoms with Gasteiger partial charge in [-0.2, -0.15) is 0 Å². The second kappa shape index (κ2) is 9.05. The zero-order valence-corrected chi connectivity index (χ0v) is 21.6. The van der Waals surface area contributed by atoms with Crippen molar-refractivity contribution in [3.63, 3.8) is 0 Å². The second-order valence-electron chi connectivity index (χ2n) is 9.12. The SMILES string of the molecule is Cc1c(-c2cc(C(=O)O)c3c(OC(C)c4ccc(S(C)(=O)=O)cc4)ccc(C)c3n2)oc2ccccc12. The van der Waals surface area contributed by atoms with Gasteiger partial charge >= 0.3 is 5.97 Å². The smallest absolute Gasteiger partial charge is 0.336 e. The number of carboxylic acids is 1. The molecule has 1 atom stereocenters. The Labute approximate surface area is 214 Å². The molecule has 3 aromatic carbocycles. The molecule has 7 nitrogen and oxygen atoms in total. The number of sulfone groups is 1. The second-order valence-corrected chi connectivity index (χ2v) is 11.1. The number of furan rings is 1. The van der Waals surface area contributed by atoms with E-state index >= 15 is 0 Å². The largest absolute Gasteiger partial charge is 0.485 e. The number of rotatable bonds is 6. The summed E-state index contributed by atoms with van der Waals surface area (Å²) in [5, 5.41) is 11.5. The van der Waals surface area contributed by atoms with Crippen molar-refractivity contribution >= 4 is 37.7 Å². The van der Waals surface area contributed by atoms with Gasteiger partial charge in [-0.15, -0.1) is 0 Å². The van der Waals surface area contributed by atoms with Crippen molar-refractivity contribution in [2.75, 3.05) is 6.26 Å². The van der Waals surface area contributed by atoms with E-state index in [0.717, 1.165) is 28.3 Å². The molecule has 2 heterocycles. The Morgan fingerprint density at radius 1 is 1.03 bits per heavy atom. The van der Waals surface area contributed by atoms with Crippen LogP contribution in [-0.4, -0.2) is 30.7 Å². The van der Waals surface area contributed by atoms with Crippen LogP contribution < -0.4 is 4.74 Å². The highest BCUT2D eigenvalue weighted by molar-refractivity contribution is 7.90. The van der Waals surface area contributed by atoms with Crippen LogP contribution >= 0.6 is 0 Å². The molecular weight excluding hydrogens is 490 g/mol. The van der Waals surface area contributed by atoms with Crippen molar-refractivity contribution in [3.05, 3.63) is 89.0 Å². The van der Waals surface area contributed by atoms with E-state index in [9.17, 15) is 18.3 Å². The van der Waals surface area contributed by atoms with E-state index in [2.05, 4.69) is 0 Å². The standard InChI is InChI=1S/C29H25NO6S/c1-16-9-14-25(35-18(3)19-10-12-20(13-11-19)37(4,33)34)26-22(29(31)32)15-23(30-27(16)26)28-17(2)21-7-5-6-8-24(21)36-28/h5-15,18H,1-4H3,(H,31,32). The first-order valence-electron chi connectivity index (χ1n) is 11.7. The van der Waals surface area contributed by atoms with E-state index in [4.69, 9.17) is 14.1 Å². The van der Waals surface area contributed by atoms with Gasteiger partial charge in [-0.05, 0) is 62.2 Å². The molecule has 0 fully saturated rings. The Hall–Kier alpha value is -4.17. The number of hydrogen-bond donors (Lipinski definition) is 1. The van der Waals surface area contributed by atoms with E-state index in [0.29, 0.717) is 33.7 Å². The highest BCUT2D eigenvalue weighted by Gasteiger charge is 2.22. The van der Waals surface area contributed by atoms with Gasteiger partial charge in [0.05, 0.1) is 21.4 Å². The zero-order chi connectivity index (χ0) is 26.5. The van der Waals surface area contributed by atoms with Gasteiger partial charge < -0.3 is 14.3 Å². The first-order chi connectivity index (χ1) is 17.5. The van der Waals surface area contributed by atoms with Crippen LogP contribution in [0.2, 0.25) is 0 Å². The molecule has 8 heteroatoms. The molecule has 0 aliphatic carbocycles. The van der Waals surface area contributed by atoms with Crippen LogP contribution in [0.4, 0.5) is 0 Å². The van der Waals surface area contributed by atoms with Gasteiger partial charge in [-0.1, -0.05) is 36.4 Å². The van der Waals surface area contributed by atoms with Gasteiger partial charge in [-0.3, -0.25) is 0 Å². The molecule has 5 aromatic rings. The molecule has 0 saturated heterocycles. The van der Waals surface area contributed by atoms with Crippen molar-refractivity contribution in [2.45, 2.75) is 31.8 Å². The van der Waals surface area contributed by atoms with Crippen LogP contribution in [0.15, 0.2) is 76.0 Å². The molecule has 2 aromatic heterocycles. The molecule has 0 amide bonds. The van der Waals surface area contributed by atoms with Gasteiger partial charge in [0.15, 0.2) is 15.6 Å². The normalized spacial score (nSPS) is 12.6. The number of benzene rings is 3. The van der Waals surface area contributed by atoms with Gasteiger partial charge in [0.1, 0.15) is 23.1 Å². The Morgan fingerprint density at radius 2 is 1.73 bits per heavy atom. The molecule has 37 heavy (non-hydrogen) atoms. The third-order valence-electron chi connectivity index (χ3n) is 6.51. The average Bonchev–Trinajstić information content (AvgIpc) is 3.21. The minimum atomic E-state index is -3.31. The number of para-hydroxylation sites is 1. The molecule has 1 N–H and O–H groups in total. The first kappa shape index (κ1) is 24.5. The number of carboxylic acid groups (broad SMARTS) is 1. The summed E-state index contributed by atoms with van der Waals surface area (Å²) in [4.78, 5) is 17.5. The first-order valence-corrected chi connectivity index (χ1v) is 13.6. The van der Waals surface area contributed by atoms with Gasteiger partial charge in [0, 0.05) is 17.2 Å². The number of ether oxygens (including phenoxy) is 1. The maximum atomic E-state index is 12.4. The van der Waals surface area contributed by atoms with E-state index in [-0.39, 0.29) is 10.5 Å². The molecule has 0 spiro atoms.